The molecule has 2 aromatic heterocycles. The second-order valence-corrected chi connectivity index (χ2v) is 4.16. The normalized spacial score (nSPS) is 19.4. The van der Waals surface area contributed by atoms with Crippen LogP contribution in [0.5, 0.6) is 0 Å². The van der Waals surface area contributed by atoms with Crippen molar-refractivity contribution in [1.82, 2.24) is 9.97 Å². The number of aryl methyl sites for hydroxylation is 1. The lowest BCUT2D eigenvalue weighted by Gasteiger charge is -2.13. The minimum Gasteiger partial charge on any atom is -0.438 e. The van der Waals surface area contributed by atoms with E-state index in [4.69, 9.17) is 14.6 Å². The Morgan fingerprint density at radius 2 is 2.18 bits per heavy atom. The third-order valence-corrected chi connectivity index (χ3v) is 2.66. The number of rotatable bonds is 1. The number of ketones is 1. The Morgan fingerprint density at radius 3 is 2.88 bits per heavy atom. The highest BCUT2D eigenvalue weighted by atomic mass is 16.4. The molecule has 1 atom stereocenters. The molecule has 0 spiro atoms. The number of nitrogens with zero attached hydrogens (tertiary/aromatic N) is 2. The van der Waals surface area contributed by atoms with Crippen LogP contribution in [0.2, 0.25) is 0 Å². The molecule has 1 aliphatic rings. The maximum atomic E-state index is 11.7. The first-order valence-electron chi connectivity index (χ1n) is 5.35. The molecule has 0 saturated heterocycles. The van der Waals surface area contributed by atoms with E-state index in [-0.39, 0.29) is 23.5 Å². The van der Waals surface area contributed by atoms with Crippen molar-refractivity contribution in [3.8, 4) is 11.8 Å². The minimum atomic E-state index is -0.181. The predicted octanol–water partition coefficient (Wildman–Crippen LogP) is 1.09. The molecule has 2 N–H and O–H groups in total. The highest BCUT2D eigenvalue weighted by Crippen LogP contribution is 2.26. The topological polar surface area (TPSA) is 95.2 Å². The largest absolute Gasteiger partial charge is 0.438 e. The van der Waals surface area contributed by atoms with Gasteiger partial charge in [0.2, 0.25) is 5.78 Å². The number of aromatic nitrogens is 2. The molecule has 0 saturated carbocycles. The van der Waals surface area contributed by atoms with Crippen molar-refractivity contribution in [3.05, 3.63) is 23.4 Å². The van der Waals surface area contributed by atoms with E-state index in [1.807, 2.05) is 0 Å². The van der Waals surface area contributed by atoms with E-state index in [0.29, 0.717) is 30.2 Å². The van der Waals surface area contributed by atoms with Gasteiger partial charge < -0.3 is 14.6 Å². The van der Waals surface area contributed by atoms with Gasteiger partial charge in [-0.1, -0.05) is 0 Å². The molecule has 0 aromatic carbocycles. The van der Waals surface area contributed by atoms with Crippen LogP contribution in [-0.2, 0) is 6.42 Å². The SMILES string of the molecule is Cc1cnc(-c2nc3c(o2)C(=O)CC(N)C3)o1. The van der Waals surface area contributed by atoms with Gasteiger partial charge in [-0.2, -0.15) is 0 Å². The zero-order chi connectivity index (χ0) is 12.0. The summed E-state index contributed by atoms with van der Waals surface area (Å²) in [7, 11) is 0. The van der Waals surface area contributed by atoms with E-state index < -0.39 is 0 Å². The van der Waals surface area contributed by atoms with E-state index in [1.54, 1.807) is 13.1 Å². The summed E-state index contributed by atoms with van der Waals surface area (Å²) in [6.45, 7) is 1.78. The first-order valence-corrected chi connectivity index (χ1v) is 5.35. The molecule has 17 heavy (non-hydrogen) atoms. The maximum absolute atomic E-state index is 11.7. The summed E-state index contributed by atoms with van der Waals surface area (Å²) in [6, 6.07) is -0.181. The zero-order valence-electron chi connectivity index (χ0n) is 9.27. The van der Waals surface area contributed by atoms with Gasteiger partial charge in [-0.15, -0.1) is 0 Å². The van der Waals surface area contributed by atoms with Crippen molar-refractivity contribution < 1.29 is 13.6 Å². The first kappa shape index (κ1) is 10.2. The van der Waals surface area contributed by atoms with E-state index in [0.717, 1.165) is 0 Å². The molecular formula is C11H11N3O3. The van der Waals surface area contributed by atoms with Gasteiger partial charge in [-0.3, -0.25) is 4.79 Å². The maximum Gasteiger partial charge on any atom is 0.284 e. The Labute approximate surface area is 96.8 Å². The number of carbonyl (C=O) groups is 1. The van der Waals surface area contributed by atoms with Crippen LogP contribution in [0.15, 0.2) is 15.0 Å². The van der Waals surface area contributed by atoms with Crippen LogP contribution in [0.25, 0.3) is 11.8 Å². The average molecular weight is 233 g/mol. The fraction of sp³-hybridized carbons (Fsp3) is 0.364. The van der Waals surface area contributed by atoms with Gasteiger partial charge in [0.1, 0.15) is 5.76 Å². The van der Waals surface area contributed by atoms with E-state index >= 15 is 0 Å². The van der Waals surface area contributed by atoms with E-state index in [2.05, 4.69) is 9.97 Å². The first-order chi connectivity index (χ1) is 8.13. The number of hydrogen-bond acceptors (Lipinski definition) is 6. The van der Waals surface area contributed by atoms with Crippen LogP contribution < -0.4 is 5.73 Å². The molecule has 6 nitrogen and oxygen atoms in total. The van der Waals surface area contributed by atoms with Crippen molar-refractivity contribution in [2.45, 2.75) is 25.8 Å². The lowest BCUT2D eigenvalue weighted by atomic mass is 9.97. The number of hydrogen-bond donors (Lipinski definition) is 1. The average Bonchev–Trinajstić information content (AvgIpc) is 2.83. The van der Waals surface area contributed by atoms with Gasteiger partial charge in [0.15, 0.2) is 5.76 Å². The van der Waals surface area contributed by atoms with E-state index in [9.17, 15) is 4.79 Å². The van der Waals surface area contributed by atoms with Crippen LogP contribution in [0, 0.1) is 6.92 Å². The third-order valence-electron chi connectivity index (χ3n) is 2.66. The summed E-state index contributed by atoms with van der Waals surface area (Å²) in [4.78, 5) is 19.9. The molecule has 88 valence electrons. The molecule has 0 bridgehead atoms. The fourth-order valence-electron chi connectivity index (χ4n) is 1.90. The number of Topliss-reactive ketones (excluding diaryl/α,β-unsaturated/α-hetero) is 1. The molecule has 2 aromatic rings. The monoisotopic (exact) mass is 233 g/mol. The minimum absolute atomic E-state index is 0.110. The fourth-order valence-corrected chi connectivity index (χ4v) is 1.90. The summed E-state index contributed by atoms with van der Waals surface area (Å²) >= 11 is 0. The van der Waals surface area contributed by atoms with Gasteiger partial charge in [0.05, 0.1) is 11.9 Å². The highest BCUT2D eigenvalue weighted by molar-refractivity contribution is 5.96. The molecule has 1 unspecified atom stereocenters. The molecule has 3 rings (SSSR count). The predicted molar refractivity (Wildman–Crippen MR) is 57.4 cm³/mol. The standard InChI is InChI=1S/C11H11N3O3/c1-5-4-13-10(16-5)11-14-7-2-6(12)3-8(15)9(7)17-11/h4,6H,2-3,12H2,1H3. The van der Waals surface area contributed by atoms with Crippen LogP contribution in [0.1, 0.15) is 28.4 Å². The Balaban J connectivity index is 2.05. The summed E-state index contributed by atoms with van der Waals surface area (Å²) in [5.74, 6) is 1.38. The molecular weight excluding hydrogens is 222 g/mol. The van der Waals surface area contributed by atoms with Gasteiger partial charge in [0.25, 0.3) is 11.8 Å². The summed E-state index contributed by atoms with van der Waals surface area (Å²) < 4.78 is 10.7. The highest BCUT2D eigenvalue weighted by Gasteiger charge is 2.29. The summed E-state index contributed by atoms with van der Waals surface area (Å²) in [6.07, 6.45) is 2.42. The quantitative estimate of drug-likeness (QED) is 0.792. The Hall–Kier alpha value is -1.95. The van der Waals surface area contributed by atoms with Crippen LogP contribution in [-0.4, -0.2) is 21.8 Å². The Kier molecular flexibility index (Phi) is 2.12. The summed E-state index contributed by atoms with van der Waals surface area (Å²) in [5, 5.41) is 0. The number of carbonyl (C=O) groups excluding carboxylic acids is 1. The van der Waals surface area contributed by atoms with Crippen molar-refractivity contribution in [1.29, 1.82) is 0 Å². The number of nitrogens with two attached hydrogens (primary N) is 1. The van der Waals surface area contributed by atoms with Gasteiger partial charge in [0, 0.05) is 18.9 Å². The van der Waals surface area contributed by atoms with Crippen LogP contribution >= 0.6 is 0 Å². The number of oxazole rings is 2. The van der Waals surface area contributed by atoms with Gasteiger partial charge in [-0.05, 0) is 6.92 Å². The van der Waals surface area contributed by atoms with Crippen molar-refractivity contribution in [2.75, 3.05) is 0 Å². The molecule has 1 aliphatic carbocycles. The lowest BCUT2D eigenvalue weighted by Crippen LogP contribution is -2.31. The summed E-state index contributed by atoms with van der Waals surface area (Å²) in [5.41, 5.74) is 6.35. The number of fused-ring (bicyclic) bond motifs is 1. The molecule has 0 aliphatic heterocycles. The van der Waals surface area contributed by atoms with E-state index in [1.165, 1.54) is 0 Å². The molecule has 0 amide bonds. The second kappa shape index (κ2) is 3.53. The molecule has 0 radical (unpaired) electrons. The van der Waals surface area contributed by atoms with Crippen molar-refractivity contribution in [3.63, 3.8) is 0 Å². The lowest BCUT2D eigenvalue weighted by molar-refractivity contribution is 0.0937. The van der Waals surface area contributed by atoms with Gasteiger partial charge in [-0.25, -0.2) is 9.97 Å². The zero-order valence-corrected chi connectivity index (χ0v) is 9.27. The van der Waals surface area contributed by atoms with Crippen LogP contribution in [0.3, 0.4) is 0 Å². The Morgan fingerprint density at radius 1 is 1.35 bits per heavy atom. The van der Waals surface area contributed by atoms with Crippen LogP contribution in [0.4, 0.5) is 0 Å². The second-order valence-electron chi connectivity index (χ2n) is 4.16. The third kappa shape index (κ3) is 1.66. The van der Waals surface area contributed by atoms with Crippen molar-refractivity contribution >= 4 is 5.78 Å². The Bertz CT molecular complexity index is 585. The molecule has 6 heteroatoms. The molecule has 2 heterocycles. The smallest absolute Gasteiger partial charge is 0.284 e. The van der Waals surface area contributed by atoms with Gasteiger partial charge >= 0.3 is 0 Å². The molecule has 0 fully saturated rings. The van der Waals surface area contributed by atoms with Crippen molar-refractivity contribution in [2.24, 2.45) is 5.73 Å².